The van der Waals surface area contributed by atoms with E-state index in [0.717, 1.165) is 38.1 Å². The van der Waals surface area contributed by atoms with Crippen LogP contribution in [0, 0.1) is 5.92 Å². The van der Waals surface area contributed by atoms with Gasteiger partial charge in [0.15, 0.2) is 0 Å². The average molecular weight is 732 g/mol. The Balaban J connectivity index is 1.10. The van der Waals surface area contributed by atoms with Gasteiger partial charge in [0.05, 0.1) is 26.9 Å². The van der Waals surface area contributed by atoms with Crippen LogP contribution in [-0.4, -0.2) is 52.0 Å². The van der Waals surface area contributed by atoms with E-state index in [1.54, 1.807) is 139 Å². The van der Waals surface area contributed by atoms with E-state index in [1.807, 2.05) is 0 Å². The summed E-state index contributed by atoms with van der Waals surface area (Å²) in [4.78, 5) is 2.84. The van der Waals surface area contributed by atoms with Crippen LogP contribution in [0.1, 0.15) is 34.7 Å². The van der Waals surface area contributed by atoms with Crippen LogP contribution < -0.4 is 15.2 Å². The molecule has 1 heterocycles. The van der Waals surface area contributed by atoms with Gasteiger partial charge in [-0.05, 0) is 201 Å². The number of fused-ring (bicyclic) bond motifs is 1. The molecule has 4 heteroatoms. The number of hydrogen-bond acceptors (Lipinski definition) is 4. The molecule has 0 saturated carbocycles. The second kappa shape index (κ2) is 8.24. The van der Waals surface area contributed by atoms with Crippen LogP contribution >= 0.6 is 0 Å². The summed E-state index contributed by atoms with van der Waals surface area (Å²) >= 11 is 0. The Hall–Kier alpha value is -5.52. The molecule has 1 saturated heterocycles. The van der Waals surface area contributed by atoms with E-state index in [4.69, 9.17) is 14.2 Å². The van der Waals surface area contributed by atoms with Gasteiger partial charge in [0.1, 0.15) is 5.75 Å². The summed E-state index contributed by atoms with van der Waals surface area (Å²) in [5, 5.41) is 37.7. The van der Waals surface area contributed by atoms with E-state index < -0.39 is 0 Å². The molecular formula is C53H33NO3. The monoisotopic (exact) mass is 731 g/mol. The third-order valence-electron chi connectivity index (χ3n) is 17.3. The number of methoxy groups -OCH3 is 2. The van der Waals surface area contributed by atoms with Gasteiger partial charge < -0.3 is 14.2 Å². The topological polar surface area (TPSA) is 30.9 Å². The lowest BCUT2D eigenvalue weighted by Crippen LogP contribution is -2.44. The number of benzene rings is 9. The zero-order valence-electron chi connectivity index (χ0n) is 31.7. The van der Waals surface area contributed by atoms with Gasteiger partial charge in [-0.1, -0.05) is 35.4 Å². The Morgan fingerprint density at radius 2 is 1.19 bits per heavy atom. The van der Waals surface area contributed by atoms with Crippen LogP contribution in [0.5, 0.6) is 5.75 Å². The molecule has 0 bridgehead atoms. The van der Waals surface area contributed by atoms with Crippen molar-refractivity contribution in [2.45, 2.75) is 30.7 Å². The summed E-state index contributed by atoms with van der Waals surface area (Å²) in [6, 6.07) is 22.4. The number of hydrogen-bond donors (Lipinski definition) is 0. The van der Waals surface area contributed by atoms with Crippen molar-refractivity contribution in [2.75, 3.05) is 47.1 Å². The van der Waals surface area contributed by atoms with E-state index in [9.17, 15) is 0 Å². The fraction of sp³-hybridized carbons (Fsp3) is 0.245. The van der Waals surface area contributed by atoms with Crippen molar-refractivity contribution in [3.8, 4) is 5.75 Å². The molecule has 18 rings (SSSR count). The molecule has 4 nitrogen and oxygen atoms in total. The Kier molecular flexibility index (Phi) is 4.04. The molecule has 1 fully saturated rings. The lowest BCUT2D eigenvalue weighted by atomic mass is 9.60. The van der Waals surface area contributed by atoms with E-state index in [0.29, 0.717) is 25.7 Å². The van der Waals surface area contributed by atoms with E-state index >= 15 is 0 Å². The van der Waals surface area contributed by atoms with Crippen LogP contribution in [0.2, 0.25) is 0 Å². The third-order valence-corrected chi connectivity index (χ3v) is 17.3. The molecule has 13 aromatic carbocycles. The molecule has 0 amide bonds. The Labute approximate surface area is 324 Å². The number of ether oxygens (including phenoxy) is 3. The van der Waals surface area contributed by atoms with Crippen molar-refractivity contribution in [3.05, 3.63) is 87.3 Å². The highest BCUT2D eigenvalue weighted by Crippen LogP contribution is 2.70. The number of nitrogens with zero attached hydrogens (tertiary/aromatic N) is 1. The first kappa shape index (κ1) is 28.0. The second-order valence-corrected chi connectivity index (χ2v) is 19.0. The van der Waals surface area contributed by atoms with Gasteiger partial charge in [0.2, 0.25) is 0 Å². The highest BCUT2D eigenvalue weighted by molar-refractivity contribution is 6.63. The van der Waals surface area contributed by atoms with Gasteiger partial charge in [-0.15, -0.1) is 0 Å². The molecule has 1 spiro atoms. The van der Waals surface area contributed by atoms with Crippen molar-refractivity contribution >= 4 is 130 Å². The molecule has 1 aliphatic heterocycles. The van der Waals surface area contributed by atoms with Crippen LogP contribution in [0.4, 0.5) is 0 Å². The lowest BCUT2D eigenvalue weighted by Gasteiger charge is -2.43. The third kappa shape index (κ3) is 2.44. The van der Waals surface area contributed by atoms with Gasteiger partial charge in [-0.25, -0.2) is 0 Å². The van der Waals surface area contributed by atoms with Crippen molar-refractivity contribution in [1.29, 1.82) is 0 Å². The average Bonchev–Trinajstić information content (AvgIpc) is 4.08. The first-order valence-corrected chi connectivity index (χ1v) is 21.2. The van der Waals surface area contributed by atoms with Gasteiger partial charge in [0.25, 0.3) is 0 Å². The maximum atomic E-state index is 6.28. The minimum atomic E-state index is -0.0828. The summed E-state index contributed by atoms with van der Waals surface area (Å²) in [6.45, 7) is 3.91. The van der Waals surface area contributed by atoms with E-state index in [2.05, 4.69) is 59.5 Å². The lowest BCUT2D eigenvalue weighted by molar-refractivity contribution is 0.0524. The molecule has 0 N–H and O–H groups in total. The fourth-order valence-electron chi connectivity index (χ4n) is 16.0. The summed E-state index contributed by atoms with van der Waals surface area (Å²) in [5.74, 6) is 1.34. The Morgan fingerprint density at radius 3 is 1.91 bits per heavy atom. The zero-order chi connectivity index (χ0) is 36.3. The van der Waals surface area contributed by atoms with Crippen molar-refractivity contribution in [3.63, 3.8) is 0 Å². The first-order valence-electron chi connectivity index (χ1n) is 21.2. The molecule has 268 valence electrons. The van der Waals surface area contributed by atoms with Crippen molar-refractivity contribution in [1.82, 2.24) is 4.90 Å². The van der Waals surface area contributed by atoms with E-state index in [1.165, 1.54) is 37.9 Å². The molecule has 13 aromatic rings. The second-order valence-electron chi connectivity index (χ2n) is 19.0. The van der Waals surface area contributed by atoms with Crippen LogP contribution in [0.15, 0.2) is 54.6 Å². The highest BCUT2D eigenvalue weighted by atomic mass is 16.5. The van der Waals surface area contributed by atoms with E-state index in [-0.39, 0.29) is 11.5 Å². The van der Waals surface area contributed by atoms with Gasteiger partial charge in [-0.3, -0.25) is 4.90 Å². The van der Waals surface area contributed by atoms with Crippen molar-refractivity contribution in [2.24, 2.45) is 5.92 Å². The Morgan fingerprint density at radius 1 is 0.579 bits per heavy atom. The molecule has 0 radical (unpaired) electrons. The maximum absolute atomic E-state index is 6.28. The van der Waals surface area contributed by atoms with Gasteiger partial charge >= 0.3 is 0 Å². The molecule has 3 unspecified atom stereocenters. The smallest absolute Gasteiger partial charge is 0.118 e. The van der Waals surface area contributed by atoms with Crippen LogP contribution in [0.3, 0.4) is 0 Å². The molecule has 57 heavy (non-hydrogen) atoms. The minimum absolute atomic E-state index is 0.0828. The highest BCUT2D eigenvalue weighted by Gasteiger charge is 2.62. The summed E-state index contributed by atoms with van der Waals surface area (Å²) in [6.07, 6.45) is 3.27. The largest absolute Gasteiger partial charge is 0.497 e. The van der Waals surface area contributed by atoms with Gasteiger partial charge in [0, 0.05) is 37.6 Å². The maximum Gasteiger partial charge on any atom is 0.118 e. The number of rotatable bonds is 8. The minimum Gasteiger partial charge on any atom is -0.497 e. The molecular weight excluding hydrogens is 699 g/mol. The molecule has 5 aliphatic rings. The predicted molar refractivity (Wildman–Crippen MR) is 233 cm³/mol. The van der Waals surface area contributed by atoms with Gasteiger partial charge in [-0.2, -0.15) is 0 Å². The van der Waals surface area contributed by atoms with Crippen LogP contribution in [0.25, 0.3) is 130 Å². The molecule has 4 aliphatic carbocycles. The van der Waals surface area contributed by atoms with Crippen molar-refractivity contribution < 1.29 is 14.2 Å². The summed E-state index contributed by atoms with van der Waals surface area (Å²) in [7, 11) is 3.55. The zero-order valence-corrected chi connectivity index (χ0v) is 31.7. The molecule has 3 atom stereocenters. The number of likely N-dealkylation sites (tertiary alicyclic amines) is 1. The fourth-order valence-corrected chi connectivity index (χ4v) is 16.0. The Bertz CT molecular complexity index is 4100. The molecule has 0 aromatic heterocycles. The quantitative estimate of drug-likeness (QED) is 0.115. The predicted octanol–water partition coefficient (Wildman–Crippen LogP) is 9.73. The summed E-state index contributed by atoms with van der Waals surface area (Å²) in [5.41, 5.74) is 9.62. The summed E-state index contributed by atoms with van der Waals surface area (Å²) < 4.78 is 17.4. The standard InChI is InChI=1S/C53H33NO3/c1-55-9-10-57-8-7-54-19-30-29-17-26-15-23-13-24-12-21-11-22-14-25-16-27-18-53(30,52(54)20-3-5-28(56-2)6-4-20)51-37(27)42-36(25)41-32(22)31(21)39-35(24)40-33(23)34(26)43-38(29)50(51)49-47(42)45(41)44(39)46(40)48(43)49/h3-6,11-14,16,30,52H,7-10,15,17-19H2,1-2H3. The first-order chi connectivity index (χ1) is 28.2. The SMILES string of the molecule is COCCOCCN1CC2C3=c4c5c6c7c(cc8cc9cc%10cc%11cc%12c%13c(c4c4c5c5c7c8c7c9c%10c8c%11c%13c4c8c75)=C(C3)C%12)CC62C1c1ccc(OC)cc1. The normalized spacial score (nSPS) is 23.0. The van der Waals surface area contributed by atoms with Crippen LogP contribution in [-0.2, 0) is 27.7 Å².